The average molecular weight is 641 g/mol. The van der Waals surface area contributed by atoms with Crippen LogP contribution in [-0.4, -0.2) is 26.6 Å². The van der Waals surface area contributed by atoms with Gasteiger partial charge in [-0.15, -0.1) is 5.10 Å². The number of rotatable bonds is 8. The molecule has 4 aromatic carbocycles. The largest absolute Gasteiger partial charge is 0.381 e. The zero-order chi connectivity index (χ0) is 25.8. The van der Waals surface area contributed by atoms with Gasteiger partial charge in [-0.1, -0.05) is 83.0 Å². The predicted molar refractivity (Wildman–Crippen MR) is 158 cm³/mol. The molecule has 1 atom stereocenters. The first-order valence-electron chi connectivity index (χ1n) is 11.6. The van der Waals surface area contributed by atoms with Crippen LogP contribution in [0.2, 0.25) is 10.0 Å². The van der Waals surface area contributed by atoms with E-state index in [1.165, 1.54) is 0 Å². The monoisotopic (exact) mass is 640 g/mol. The third-order valence-corrected chi connectivity index (χ3v) is 7.36. The van der Waals surface area contributed by atoms with Crippen LogP contribution in [0.15, 0.2) is 103 Å². The fourth-order valence-electron chi connectivity index (χ4n) is 4.20. The van der Waals surface area contributed by atoms with E-state index in [-0.39, 0.29) is 6.54 Å². The molecule has 2 N–H and O–H groups in total. The number of aliphatic hydroxyl groups is 1. The molecule has 0 aliphatic rings. The highest BCUT2D eigenvalue weighted by Crippen LogP contribution is 2.37. The standard InChI is InChI=1S/C29H23Cl2IN4O/c30-23-10-6-21(7-11-23)27-28(34-35-36(27)18-20-4-2-1-3-5-20)29(37,22-8-12-24(31)13-9-22)19-33-26-16-14-25(32)15-17-26/h1-17,33,37H,18-19H2. The van der Waals surface area contributed by atoms with Crippen molar-refractivity contribution in [2.24, 2.45) is 0 Å². The van der Waals surface area contributed by atoms with E-state index in [4.69, 9.17) is 23.2 Å². The first-order chi connectivity index (χ1) is 17.9. The number of anilines is 1. The Kier molecular flexibility index (Phi) is 7.81. The van der Waals surface area contributed by atoms with E-state index >= 15 is 0 Å². The summed E-state index contributed by atoms with van der Waals surface area (Å²) in [6.45, 7) is 0.660. The van der Waals surface area contributed by atoms with E-state index in [2.05, 4.69) is 38.2 Å². The molecule has 0 bridgehead atoms. The van der Waals surface area contributed by atoms with E-state index in [1.54, 1.807) is 12.1 Å². The zero-order valence-electron chi connectivity index (χ0n) is 19.7. The maximum absolute atomic E-state index is 12.4. The van der Waals surface area contributed by atoms with Crippen LogP contribution in [0.25, 0.3) is 11.3 Å². The summed E-state index contributed by atoms with van der Waals surface area (Å²) in [5.74, 6) is 0. The number of aromatic nitrogens is 3. The average Bonchev–Trinajstić information content (AvgIpc) is 3.33. The molecule has 37 heavy (non-hydrogen) atoms. The quantitative estimate of drug-likeness (QED) is 0.175. The van der Waals surface area contributed by atoms with Crippen molar-refractivity contribution in [2.45, 2.75) is 12.1 Å². The molecule has 0 radical (unpaired) electrons. The lowest BCUT2D eigenvalue weighted by molar-refractivity contribution is 0.0907. The summed E-state index contributed by atoms with van der Waals surface area (Å²) in [5.41, 5.74) is 3.09. The topological polar surface area (TPSA) is 63.0 Å². The second-order valence-corrected chi connectivity index (χ2v) is 10.8. The molecule has 1 heterocycles. The van der Waals surface area contributed by atoms with Crippen molar-refractivity contribution in [2.75, 3.05) is 11.9 Å². The minimum absolute atomic E-state index is 0.167. The highest BCUT2D eigenvalue weighted by Gasteiger charge is 2.38. The number of halogens is 3. The molecule has 8 heteroatoms. The van der Waals surface area contributed by atoms with Crippen molar-refractivity contribution in [3.63, 3.8) is 0 Å². The van der Waals surface area contributed by atoms with Gasteiger partial charge in [0.1, 0.15) is 5.69 Å². The van der Waals surface area contributed by atoms with Gasteiger partial charge in [-0.25, -0.2) is 4.68 Å². The minimum atomic E-state index is -1.52. The van der Waals surface area contributed by atoms with Crippen LogP contribution in [-0.2, 0) is 12.1 Å². The molecule has 0 spiro atoms. The summed E-state index contributed by atoms with van der Waals surface area (Å²) in [4.78, 5) is 0. The maximum Gasteiger partial charge on any atom is 0.153 e. The molecule has 0 amide bonds. The molecule has 5 nitrogen and oxygen atoms in total. The van der Waals surface area contributed by atoms with Gasteiger partial charge in [0, 0.05) is 24.9 Å². The first kappa shape index (κ1) is 25.7. The fourth-order valence-corrected chi connectivity index (χ4v) is 4.81. The predicted octanol–water partition coefficient (Wildman–Crippen LogP) is 7.25. The van der Waals surface area contributed by atoms with Crippen molar-refractivity contribution < 1.29 is 5.11 Å². The number of hydrogen-bond donors (Lipinski definition) is 2. The van der Waals surface area contributed by atoms with Crippen LogP contribution < -0.4 is 5.32 Å². The van der Waals surface area contributed by atoms with Gasteiger partial charge in [-0.3, -0.25) is 0 Å². The lowest BCUT2D eigenvalue weighted by atomic mass is 9.87. The number of nitrogens with zero attached hydrogens (tertiary/aromatic N) is 3. The van der Waals surface area contributed by atoms with Gasteiger partial charge in [-0.05, 0) is 82.2 Å². The third kappa shape index (κ3) is 5.83. The summed E-state index contributed by atoms with van der Waals surface area (Å²) < 4.78 is 2.95. The smallest absolute Gasteiger partial charge is 0.153 e. The highest BCUT2D eigenvalue weighted by atomic mass is 127. The molecule has 0 aliphatic heterocycles. The molecule has 0 saturated carbocycles. The van der Waals surface area contributed by atoms with Gasteiger partial charge in [0.25, 0.3) is 0 Å². The Bertz CT molecular complexity index is 1470. The van der Waals surface area contributed by atoms with E-state index in [9.17, 15) is 5.11 Å². The first-order valence-corrected chi connectivity index (χ1v) is 13.5. The Morgan fingerprint density at radius 1 is 0.811 bits per heavy atom. The molecule has 1 unspecified atom stereocenters. The van der Waals surface area contributed by atoms with Crippen LogP contribution in [0, 0.1) is 3.57 Å². The normalized spacial score (nSPS) is 12.8. The molecule has 1 aromatic heterocycles. The summed E-state index contributed by atoms with van der Waals surface area (Å²) >= 11 is 14.7. The lowest BCUT2D eigenvalue weighted by Gasteiger charge is -2.29. The third-order valence-electron chi connectivity index (χ3n) is 6.13. The fraction of sp³-hybridized carbons (Fsp3) is 0.103. The molecular weight excluding hydrogens is 618 g/mol. The maximum atomic E-state index is 12.4. The highest BCUT2D eigenvalue weighted by molar-refractivity contribution is 14.1. The van der Waals surface area contributed by atoms with Crippen LogP contribution in [0.1, 0.15) is 16.8 Å². The van der Waals surface area contributed by atoms with E-state index in [1.807, 2.05) is 95.7 Å². The summed E-state index contributed by atoms with van der Waals surface area (Å²) in [7, 11) is 0. The summed E-state index contributed by atoms with van der Waals surface area (Å²) in [6, 6.07) is 32.7. The van der Waals surface area contributed by atoms with Crippen LogP contribution in [0.4, 0.5) is 5.69 Å². The van der Waals surface area contributed by atoms with E-state index < -0.39 is 5.60 Å². The molecule has 0 fully saturated rings. The number of benzene rings is 4. The van der Waals surface area contributed by atoms with Gasteiger partial charge in [0.2, 0.25) is 0 Å². The van der Waals surface area contributed by atoms with Crippen LogP contribution >= 0.6 is 45.8 Å². The van der Waals surface area contributed by atoms with Crippen LogP contribution in [0.3, 0.4) is 0 Å². The lowest BCUT2D eigenvalue weighted by Crippen LogP contribution is -2.36. The van der Waals surface area contributed by atoms with Crippen LogP contribution in [0.5, 0.6) is 0 Å². The van der Waals surface area contributed by atoms with Gasteiger partial charge < -0.3 is 10.4 Å². The number of hydrogen-bond acceptors (Lipinski definition) is 4. The molecular formula is C29H23Cl2IN4O. The second-order valence-electron chi connectivity index (χ2n) is 8.66. The van der Waals surface area contributed by atoms with E-state index in [0.717, 1.165) is 20.4 Å². The van der Waals surface area contributed by atoms with Crippen molar-refractivity contribution >= 4 is 51.5 Å². The van der Waals surface area contributed by atoms with Crippen molar-refractivity contribution in [3.8, 4) is 11.3 Å². The molecule has 5 rings (SSSR count). The Labute approximate surface area is 239 Å². The van der Waals surface area contributed by atoms with E-state index in [0.29, 0.717) is 33.5 Å². The molecule has 0 saturated heterocycles. The Hall–Kier alpha value is -2.91. The summed E-state index contributed by atoms with van der Waals surface area (Å²) in [5, 5.41) is 26.1. The Morgan fingerprint density at radius 2 is 1.43 bits per heavy atom. The van der Waals surface area contributed by atoms with Gasteiger partial charge in [-0.2, -0.15) is 0 Å². The van der Waals surface area contributed by atoms with Crippen molar-refractivity contribution in [1.29, 1.82) is 0 Å². The van der Waals surface area contributed by atoms with Gasteiger partial charge in [0.05, 0.1) is 18.8 Å². The van der Waals surface area contributed by atoms with Crippen molar-refractivity contribution in [1.82, 2.24) is 15.0 Å². The SMILES string of the molecule is OC(CNc1ccc(I)cc1)(c1ccc(Cl)cc1)c1nnn(Cc2ccccc2)c1-c1ccc(Cl)cc1. The zero-order valence-corrected chi connectivity index (χ0v) is 23.3. The van der Waals surface area contributed by atoms with Gasteiger partial charge >= 0.3 is 0 Å². The Morgan fingerprint density at radius 3 is 2.08 bits per heavy atom. The molecule has 5 aromatic rings. The number of nitrogens with one attached hydrogen (secondary N) is 1. The second kappa shape index (κ2) is 11.2. The van der Waals surface area contributed by atoms with Gasteiger partial charge in [0.15, 0.2) is 5.60 Å². The molecule has 0 aliphatic carbocycles. The molecule has 186 valence electrons. The summed E-state index contributed by atoms with van der Waals surface area (Å²) in [6.07, 6.45) is 0. The minimum Gasteiger partial charge on any atom is -0.381 e. The van der Waals surface area contributed by atoms with Crippen molar-refractivity contribution in [3.05, 3.63) is 134 Å². The Balaban J connectivity index is 1.64.